The van der Waals surface area contributed by atoms with Crippen LogP contribution in [0, 0.1) is 0 Å². The number of pyridine rings is 1. The summed E-state index contributed by atoms with van der Waals surface area (Å²) in [6.45, 7) is 1.48. The van der Waals surface area contributed by atoms with Gasteiger partial charge in [-0.15, -0.1) is 0 Å². The Labute approximate surface area is 89.2 Å². The molecular weight excluding hydrogens is 221 g/mol. The maximum Gasteiger partial charge on any atom is 0.417 e. The van der Waals surface area contributed by atoms with Gasteiger partial charge in [0.1, 0.15) is 5.65 Å². The average Bonchev–Trinajstić information content (AvgIpc) is 2.58. The van der Waals surface area contributed by atoms with E-state index in [1.165, 1.54) is 23.6 Å². The predicted molar refractivity (Wildman–Crippen MR) is 50.8 cm³/mol. The van der Waals surface area contributed by atoms with Crippen LogP contribution < -0.4 is 0 Å². The number of fused-ring (bicyclic) bond motifs is 1. The van der Waals surface area contributed by atoms with Crippen LogP contribution in [0.5, 0.6) is 0 Å². The van der Waals surface area contributed by atoms with Crippen molar-refractivity contribution in [2.45, 2.75) is 19.2 Å². The van der Waals surface area contributed by atoms with Crippen molar-refractivity contribution in [3.05, 3.63) is 35.8 Å². The molecule has 16 heavy (non-hydrogen) atoms. The van der Waals surface area contributed by atoms with Crippen LogP contribution in [-0.2, 0) is 6.18 Å². The first-order valence-corrected chi connectivity index (χ1v) is 4.62. The Morgan fingerprint density at radius 2 is 2.06 bits per heavy atom. The van der Waals surface area contributed by atoms with Crippen molar-refractivity contribution in [1.29, 1.82) is 0 Å². The molecule has 0 aliphatic carbocycles. The zero-order chi connectivity index (χ0) is 11.9. The Morgan fingerprint density at radius 3 is 2.62 bits per heavy atom. The van der Waals surface area contributed by atoms with Crippen LogP contribution >= 0.6 is 0 Å². The van der Waals surface area contributed by atoms with E-state index in [4.69, 9.17) is 0 Å². The van der Waals surface area contributed by atoms with E-state index in [0.29, 0.717) is 11.3 Å². The fourth-order valence-electron chi connectivity index (χ4n) is 1.48. The summed E-state index contributed by atoms with van der Waals surface area (Å²) in [7, 11) is 0. The number of hydrogen-bond donors (Lipinski definition) is 1. The lowest BCUT2D eigenvalue weighted by Crippen LogP contribution is -2.07. The Morgan fingerprint density at radius 1 is 1.38 bits per heavy atom. The molecule has 3 nitrogen and oxygen atoms in total. The lowest BCUT2D eigenvalue weighted by atomic mass is 10.2. The van der Waals surface area contributed by atoms with E-state index >= 15 is 0 Å². The summed E-state index contributed by atoms with van der Waals surface area (Å²) < 4.78 is 38.6. The van der Waals surface area contributed by atoms with Crippen molar-refractivity contribution in [2.24, 2.45) is 0 Å². The summed E-state index contributed by atoms with van der Waals surface area (Å²) in [4.78, 5) is 3.90. The lowest BCUT2D eigenvalue weighted by molar-refractivity contribution is -0.137. The number of halogens is 3. The van der Waals surface area contributed by atoms with Gasteiger partial charge in [0.25, 0.3) is 0 Å². The highest BCUT2D eigenvalue weighted by atomic mass is 19.4. The molecule has 2 aromatic rings. The van der Waals surface area contributed by atoms with E-state index in [1.807, 2.05) is 0 Å². The quantitative estimate of drug-likeness (QED) is 0.816. The molecule has 0 saturated heterocycles. The van der Waals surface area contributed by atoms with Crippen LogP contribution in [-0.4, -0.2) is 14.5 Å². The van der Waals surface area contributed by atoms with Gasteiger partial charge in [0, 0.05) is 6.20 Å². The fourth-order valence-corrected chi connectivity index (χ4v) is 1.48. The normalized spacial score (nSPS) is 14.3. The molecule has 1 unspecified atom stereocenters. The fraction of sp³-hybridized carbons (Fsp3) is 0.300. The van der Waals surface area contributed by atoms with Crippen molar-refractivity contribution in [3.63, 3.8) is 0 Å². The molecule has 6 heteroatoms. The van der Waals surface area contributed by atoms with Crippen LogP contribution in [0.15, 0.2) is 24.5 Å². The van der Waals surface area contributed by atoms with Crippen LogP contribution in [0.1, 0.15) is 24.3 Å². The molecule has 2 aromatic heterocycles. The summed E-state index contributed by atoms with van der Waals surface area (Å²) in [6.07, 6.45) is -2.96. The first kappa shape index (κ1) is 10.9. The number of nitrogens with zero attached hydrogens (tertiary/aromatic N) is 2. The third-order valence-corrected chi connectivity index (χ3v) is 2.29. The molecule has 1 atom stereocenters. The maximum absolute atomic E-state index is 12.5. The summed E-state index contributed by atoms with van der Waals surface area (Å²) in [5.41, 5.74) is -0.0510. The van der Waals surface area contributed by atoms with E-state index in [9.17, 15) is 18.3 Å². The molecule has 0 saturated carbocycles. The zero-order valence-electron chi connectivity index (χ0n) is 8.36. The van der Waals surface area contributed by atoms with Gasteiger partial charge >= 0.3 is 6.18 Å². The van der Waals surface area contributed by atoms with Crippen molar-refractivity contribution in [1.82, 2.24) is 9.38 Å². The SMILES string of the molecule is CC(O)c1cnc2ccc(C(F)(F)F)cn12. The van der Waals surface area contributed by atoms with Gasteiger partial charge in [0.2, 0.25) is 0 Å². The second kappa shape index (κ2) is 3.48. The van der Waals surface area contributed by atoms with E-state index < -0.39 is 17.8 Å². The van der Waals surface area contributed by atoms with Crippen LogP contribution in [0.4, 0.5) is 13.2 Å². The van der Waals surface area contributed by atoms with Gasteiger partial charge < -0.3 is 9.51 Å². The molecule has 86 valence electrons. The maximum atomic E-state index is 12.5. The number of aliphatic hydroxyl groups excluding tert-OH is 1. The molecule has 0 aliphatic heterocycles. The van der Waals surface area contributed by atoms with Crippen LogP contribution in [0.2, 0.25) is 0 Å². The molecule has 0 fully saturated rings. The van der Waals surface area contributed by atoms with Crippen LogP contribution in [0.3, 0.4) is 0 Å². The highest BCUT2D eigenvalue weighted by molar-refractivity contribution is 5.42. The van der Waals surface area contributed by atoms with Gasteiger partial charge in [-0.05, 0) is 19.1 Å². The Bertz CT molecular complexity index is 516. The van der Waals surface area contributed by atoms with Crippen molar-refractivity contribution >= 4 is 5.65 Å². The molecule has 0 aromatic carbocycles. The summed E-state index contributed by atoms with van der Waals surface area (Å²) in [5.74, 6) is 0. The highest BCUT2D eigenvalue weighted by Crippen LogP contribution is 2.29. The first-order chi connectivity index (χ1) is 7.39. The average molecular weight is 230 g/mol. The summed E-state index contributed by atoms with van der Waals surface area (Å²) in [5, 5.41) is 9.36. The summed E-state index contributed by atoms with van der Waals surface area (Å²) >= 11 is 0. The highest BCUT2D eigenvalue weighted by Gasteiger charge is 2.31. The third kappa shape index (κ3) is 1.76. The number of alkyl halides is 3. The first-order valence-electron chi connectivity index (χ1n) is 4.62. The molecule has 2 rings (SSSR count). The van der Waals surface area contributed by atoms with Gasteiger partial charge in [-0.2, -0.15) is 13.2 Å². The number of aromatic nitrogens is 2. The Balaban J connectivity index is 2.63. The molecule has 0 radical (unpaired) electrons. The van der Waals surface area contributed by atoms with Gasteiger partial charge in [-0.1, -0.05) is 0 Å². The molecule has 2 heterocycles. The number of hydrogen-bond acceptors (Lipinski definition) is 2. The molecular formula is C10H9F3N2O. The second-order valence-electron chi connectivity index (χ2n) is 3.50. The molecule has 1 N–H and O–H groups in total. The van der Waals surface area contributed by atoms with Gasteiger partial charge in [-0.3, -0.25) is 0 Å². The predicted octanol–water partition coefficient (Wildman–Crippen LogP) is 2.41. The van der Waals surface area contributed by atoms with E-state index in [0.717, 1.165) is 12.3 Å². The van der Waals surface area contributed by atoms with Gasteiger partial charge in [0.15, 0.2) is 0 Å². The van der Waals surface area contributed by atoms with E-state index in [-0.39, 0.29) is 0 Å². The number of imidazole rings is 1. The zero-order valence-corrected chi connectivity index (χ0v) is 8.36. The Kier molecular flexibility index (Phi) is 2.38. The second-order valence-corrected chi connectivity index (χ2v) is 3.50. The Hall–Kier alpha value is -1.56. The monoisotopic (exact) mass is 230 g/mol. The van der Waals surface area contributed by atoms with Crippen molar-refractivity contribution < 1.29 is 18.3 Å². The topological polar surface area (TPSA) is 37.5 Å². The third-order valence-electron chi connectivity index (χ3n) is 2.29. The van der Waals surface area contributed by atoms with E-state index in [1.54, 1.807) is 0 Å². The minimum absolute atomic E-state index is 0.334. The molecule has 0 amide bonds. The standard InChI is InChI=1S/C10H9F3N2O/c1-6(16)8-4-14-9-3-2-7(5-15(8)9)10(11,12)13/h2-6,16H,1H3. The van der Waals surface area contributed by atoms with Crippen molar-refractivity contribution in [3.8, 4) is 0 Å². The lowest BCUT2D eigenvalue weighted by Gasteiger charge is -2.09. The number of aliphatic hydroxyl groups is 1. The van der Waals surface area contributed by atoms with Gasteiger partial charge in [-0.25, -0.2) is 4.98 Å². The van der Waals surface area contributed by atoms with Crippen LogP contribution in [0.25, 0.3) is 5.65 Å². The van der Waals surface area contributed by atoms with Gasteiger partial charge in [0.05, 0.1) is 23.6 Å². The largest absolute Gasteiger partial charge is 0.417 e. The van der Waals surface area contributed by atoms with Crippen molar-refractivity contribution in [2.75, 3.05) is 0 Å². The minimum Gasteiger partial charge on any atom is -0.387 e. The molecule has 0 aliphatic rings. The number of rotatable bonds is 1. The smallest absolute Gasteiger partial charge is 0.387 e. The van der Waals surface area contributed by atoms with E-state index in [2.05, 4.69) is 4.98 Å². The summed E-state index contributed by atoms with van der Waals surface area (Å²) in [6, 6.07) is 2.24. The minimum atomic E-state index is -4.39. The molecule has 0 spiro atoms. The molecule has 0 bridgehead atoms.